The molecule has 3 rings (SSSR count). The van der Waals surface area contributed by atoms with E-state index < -0.39 is 0 Å². The van der Waals surface area contributed by atoms with Gasteiger partial charge in [0.25, 0.3) is 0 Å². The van der Waals surface area contributed by atoms with Crippen LogP contribution in [0.1, 0.15) is 25.7 Å². The first-order valence-electron chi connectivity index (χ1n) is 7.02. The first kappa shape index (κ1) is 14.7. The lowest BCUT2D eigenvalue weighted by Crippen LogP contribution is -2.41. The molecule has 0 aromatic carbocycles. The number of hydrogen-bond acceptors (Lipinski definition) is 3. The molecule has 0 aliphatic carbocycles. The minimum atomic E-state index is 0.294. The number of rotatable bonds is 3. The molecule has 2 bridgehead atoms. The number of nitrogens with zero attached hydrogens (tertiary/aromatic N) is 2. The number of aromatic nitrogens is 1. The van der Waals surface area contributed by atoms with Gasteiger partial charge in [0.2, 0.25) is 0 Å². The van der Waals surface area contributed by atoms with Crippen molar-refractivity contribution >= 4 is 40.6 Å². The minimum absolute atomic E-state index is 0.294. The van der Waals surface area contributed by atoms with Crippen LogP contribution in [0.2, 0.25) is 15.2 Å². The van der Waals surface area contributed by atoms with Gasteiger partial charge in [-0.15, -0.1) is 0 Å². The zero-order valence-electron chi connectivity index (χ0n) is 11.4. The largest absolute Gasteiger partial charge is 0.369 e. The van der Waals surface area contributed by atoms with E-state index in [0.29, 0.717) is 26.9 Å². The van der Waals surface area contributed by atoms with Crippen molar-refractivity contribution in [2.45, 2.75) is 37.8 Å². The van der Waals surface area contributed by atoms with Crippen molar-refractivity contribution in [2.75, 3.05) is 18.9 Å². The van der Waals surface area contributed by atoms with Crippen LogP contribution in [-0.4, -0.2) is 35.6 Å². The normalized spacial score (nSPS) is 29.7. The highest BCUT2D eigenvalue weighted by atomic mass is 35.5. The van der Waals surface area contributed by atoms with Gasteiger partial charge >= 0.3 is 0 Å². The van der Waals surface area contributed by atoms with Crippen molar-refractivity contribution in [2.24, 2.45) is 5.92 Å². The molecular formula is C14H18Cl3N3. The zero-order chi connectivity index (χ0) is 14.3. The van der Waals surface area contributed by atoms with Crippen LogP contribution in [0.15, 0.2) is 6.07 Å². The second-order valence-corrected chi connectivity index (χ2v) is 7.03. The summed E-state index contributed by atoms with van der Waals surface area (Å²) in [5, 5.41) is 4.54. The predicted molar refractivity (Wildman–Crippen MR) is 85.1 cm³/mol. The van der Waals surface area contributed by atoms with Gasteiger partial charge in [-0.05, 0) is 44.7 Å². The van der Waals surface area contributed by atoms with E-state index in [1.54, 1.807) is 6.07 Å². The summed E-state index contributed by atoms with van der Waals surface area (Å²) in [5.41, 5.74) is 0. The molecule has 1 aromatic rings. The molecule has 1 N–H and O–H groups in total. The lowest BCUT2D eigenvalue weighted by atomic mass is 9.91. The lowest BCUT2D eigenvalue weighted by molar-refractivity contribution is 0.139. The molecule has 2 unspecified atom stereocenters. The summed E-state index contributed by atoms with van der Waals surface area (Å²) in [5.74, 6) is 1.31. The number of fused-ring (bicyclic) bond motifs is 2. The van der Waals surface area contributed by atoms with Crippen molar-refractivity contribution in [3.63, 3.8) is 0 Å². The number of piperidine rings is 1. The van der Waals surface area contributed by atoms with Crippen LogP contribution in [-0.2, 0) is 0 Å². The molecule has 0 spiro atoms. The molecule has 0 amide bonds. The molecular weight excluding hydrogens is 317 g/mol. The van der Waals surface area contributed by atoms with Crippen LogP contribution in [0.4, 0.5) is 5.82 Å². The predicted octanol–water partition coefficient (Wildman–Crippen LogP) is 4.33. The molecule has 0 radical (unpaired) electrons. The number of pyridine rings is 1. The number of halogens is 3. The van der Waals surface area contributed by atoms with E-state index in [0.717, 1.165) is 18.6 Å². The fourth-order valence-corrected chi connectivity index (χ4v) is 4.06. The molecule has 2 fully saturated rings. The van der Waals surface area contributed by atoms with E-state index in [9.17, 15) is 0 Å². The second-order valence-electron chi connectivity index (χ2n) is 5.86. The van der Waals surface area contributed by atoms with Crippen LogP contribution < -0.4 is 5.32 Å². The molecule has 3 nitrogen and oxygen atoms in total. The monoisotopic (exact) mass is 333 g/mol. The molecule has 2 aliphatic rings. The van der Waals surface area contributed by atoms with Crippen molar-refractivity contribution in [1.82, 2.24) is 9.88 Å². The van der Waals surface area contributed by atoms with Crippen LogP contribution >= 0.6 is 34.8 Å². The summed E-state index contributed by atoms with van der Waals surface area (Å²) in [6, 6.07) is 3.13. The van der Waals surface area contributed by atoms with Gasteiger partial charge < -0.3 is 10.2 Å². The average Bonchev–Trinajstić information content (AvgIpc) is 2.64. The maximum atomic E-state index is 6.14. The topological polar surface area (TPSA) is 28.2 Å². The molecule has 0 saturated carbocycles. The molecule has 2 aliphatic heterocycles. The van der Waals surface area contributed by atoms with Crippen molar-refractivity contribution < 1.29 is 0 Å². The van der Waals surface area contributed by atoms with Crippen LogP contribution in [0.3, 0.4) is 0 Å². The summed E-state index contributed by atoms with van der Waals surface area (Å²) >= 11 is 18.0. The molecule has 6 heteroatoms. The van der Waals surface area contributed by atoms with E-state index in [2.05, 4.69) is 22.2 Å². The molecule has 2 atom stereocenters. The van der Waals surface area contributed by atoms with E-state index >= 15 is 0 Å². The van der Waals surface area contributed by atoms with Crippen LogP contribution in [0.25, 0.3) is 0 Å². The van der Waals surface area contributed by atoms with Crippen LogP contribution in [0.5, 0.6) is 0 Å². The molecule has 3 heterocycles. The molecule has 1 aromatic heterocycles. The number of anilines is 1. The summed E-state index contributed by atoms with van der Waals surface area (Å²) in [6.45, 7) is 0.894. The van der Waals surface area contributed by atoms with E-state index in [1.165, 1.54) is 25.7 Å². The Morgan fingerprint density at radius 3 is 2.50 bits per heavy atom. The Balaban J connectivity index is 1.62. The standard InChI is InChI=1S/C14H18Cl3N3/c1-20-9-2-3-10(20)5-8(4-9)7-18-14-12(16)6-11(15)13(17)19-14/h6,8-10H,2-5,7H2,1H3,(H,18,19). The first-order valence-corrected chi connectivity index (χ1v) is 8.15. The van der Waals surface area contributed by atoms with Crippen molar-refractivity contribution in [3.8, 4) is 0 Å². The fourth-order valence-electron chi connectivity index (χ4n) is 3.50. The maximum absolute atomic E-state index is 6.14. The Bertz CT molecular complexity index is 495. The van der Waals surface area contributed by atoms with Gasteiger partial charge in [0.05, 0.1) is 10.0 Å². The maximum Gasteiger partial charge on any atom is 0.150 e. The minimum Gasteiger partial charge on any atom is -0.369 e. The van der Waals surface area contributed by atoms with Gasteiger partial charge in [0.15, 0.2) is 0 Å². The van der Waals surface area contributed by atoms with Gasteiger partial charge in [0, 0.05) is 18.6 Å². The Morgan fingerprint density at radius 1 is 1.20 bits per heavy atom. The van der Waals surface area contributed by atoms with Gasteiger partial charge in [-0.1, -0.05) is 34.8 Å². The van der Waals surface area contributed by atoms with Crippen molar-refractivity contribution in [1.29, 1.82) is 0 Å². The third kappa shape index (κ3) is 2.87. The number of hydrogen-bond donors (Lipinski definition) is 1. The van der Waals surface area contributed by atoms with Gasteiger partial charge in [-0.3, -0.25) is 0 Å². The molecule has 20 heavy (non-hydrogen) atoms. The smallest absolute Gasteiger partial charge is 0.150 e. The van der Waals surface area contributed by atoms with Crippen molar-refractivity contribution in [3.05, 3.63) is 21.3 Å². The average molecular weight is 335 g/mol. The van der Waals surface area contributed by atoms with E-state index in [-0.39, 0.29) is 0 Å². The van der Waals surface area contributed by atoms with Crippen LogP contribution in [0, 0.1) is 5.92 Å². The summed E-state index contributed by atoms with van der Waals surface area (Å²) in [7, 11) is 2.25. The van der Waals surface area contributed by atoms with Gasteiger partial charge in [-0.25, -0.2) is 4.98 Å². The first-order chi connectivity index (χ1) is 9.54. The SMILES string of the molecule is CN1C2CCC1CC(CNc1nc(Cl)c(Cl)cc1Cl)C2. The fraction of sp³-hybridized carbons (Fsp3) is 0.643. The Morgan fingerprint density at radius 2 is 1.85 bits per heavy atom. The highest BCUT2D eigenvalue weighted by Crippen LogP contribution is 2.37. The summed E-state index contributed by atoms with van der Waals surface area (Å²) < 4.78 is 0. The summed E-state index contributed by atoms with van der Waals surface area (Å²) in [4.78, 5) is 6.75. The Labute approximate surface area is 134 Å². The highest BCUT2D eigenvalue weighted by molar-refractivity contribution is 6.42. The third-order valence-corrected chi connectivity index (χ3v) is 5.60. The van der Waals surface area contributed by atoms with E-state index in [4.69, 9.17) is 34.8 Å². The van der Waals surface area contributed by atoms with Gasteiger partial charge in [-0.2, -0.15) is 0 Å². The third-order valence-electron chi connectivity index (χ3n) is 4.64. The molecule has 110 valence electrons. The Hall–Kier alpha value is -0.220. The molecule has 2 saturated heterocycles. The second kappa shape index (κ2) is 5.88. The number of nitrogens with one attached hydrogen (secondary N) is 1. The summed E-state index contributed by atoms with van der Waals surface area (Å²) in [6.07, 6.45) is 5.17. The zero-order valence-corrected chi connectivity index (χ0v) is 13.6. The highest BCUT2D eigenvalue weighted by Gasteiger charge is 2.38. The quantitative estimate of drug-likeness (QED) is 0.834. The van der Waals surface area contributed by atoms with Gasteiger partial charge in [0.1, 0.15) is 11.0 Å². The Kier molecular flexibility index (Phi) is 4.32. The lowest BCUT2D eigenvalue weighted by Gasteiger charge is -2.36. The van der Waals surface area contributed by atoms with E-state index in [1.807, 2.05) is 0 Å².